The van der Waals surface area contributed by atoms with E-state index in [1.165, 1.54) is 18.4 Å². The molecule has 3 aromatic rings. The predicted octanol–water partition coefficient (Wildman–Crippen LogP) is 4.59. The van der Waals surface area contributed by atoms with Crippen molar-refractivity contribution in [2.75, 3.05) is 18.5 Å². The van der Waals surface area contributed by atoms with Gasteiger partial charge in [-0.1, -0.05) is 11.3 Å². The Kier molecular flexibility index (Phi) is 5.14. The first kappa shape index (κ1) is 20.6. The molecule has 2 aliphatic rings. The summed E-state index contributed by atoms with van der Waals surface area (Å²) in [5.41, 5.74) is 0.411. The van der Waals surface area contributed by atoms with Crippen LogP contribution in [0.25, 0.3) is 11.5 Å². The van der Waals surface area contributed by atoms with Gasteiger partial charge in [0.25, 0.3) is 5.91 Å². The molecule has 32 heavy (non-hydrogen) atoms. The van der Waals surface area contributed by atoms with Gasteiger partial charge in [-0.05, 0) is 43.2 Å². The molecule has 1 aromatic carbocycles. The van der Waals surface area contributed by atoms with E-state index in [1.54, 1.807) is 12.1 Å². The molecule has 0 bridgehead atoms. The van der Waals surface area contributed by atoms with Crippen LogP contribution in [0, 0.1) is 5.92 Å². The number of fused-ring (bicyclic) bond motifs is 1. The molecule has 0 atom stereocenters. The third-order valence-corrected chi connectivity index (χ3v) is 6.07. The quantitative estimate of drug-likeness (QED) is 0.554. The average Bonchev–Trinajstić information content (AvgIpc) is 3.50. The minimum absolute atomic E-state index is 0.0668. The van der Waals surface area contributed by atoms with Crippen molar-refractivity contribution in [3.8, 4) is 23.0 Å². The fourth-order valence-corrected chi connectivity index (χ4v) is 4.51. The number of nitrogens with zero attached hydrogens (tertiary/aromatic N) is 1. The van der Waals surface area contributed by atoms with Gasteiger partial charge in [-0.25, -0.2) is 4.98 Å². The minimum Gasteiger partial charge on any atom is -0.463 e. The number of alkyl halides is 2. The molecule has 0 spiro atoms. The van der Waals surface area contributed by atoms with E-state index in [1.807, 2.05) is 0 Å². The molecule has 2 aromatic heterocycles. The zero-order valence-electron chi connectivity index (χ0n) is 16.4. The Morgan fingerprint density at radius 1 is 1.12 bits per heavy atom. The number of carbonyl (C=O) groups excluding carboxylic acids is 2. The van der Waals surface area contributed by atoms with E-state index in [-0.39, 0.29) is 33.9 Å². The van der Waals surface area contributed by atoms with Crippen molar-refractivity contribution in [3.63, 3.8) is 0 Å². The number of hydrogen-bond acceptors (Lipinski definition) is 8. The second-order valence-corrected chi connectivity index (χ2v) is 8.21. The van der Waals surface area contributed by atoms with Crippen molar-refractivity contribution in [1.82, 2.24) is 4.98 Å². The van der Waals surface area contributed by atoms with E-state index in [9.17, 15) is 18.4 Å². The molecule has 1 N–H and O–H groups in total. The van der Waals surface area contributed by atoms with Crippen LogP contribution >= 0.6 is 11.3 Å². The number of anilines is 1. The predicted molar refractivity (Wildman–Crippen MR) is 108 cm³/mol. The molecule has 11 heteroatoms. The topological polar surface area (TPSA) is 99.9 Å². The average molecular weight is 462 g/mol. The van der Waals surface area contributed by atoms with Gasteiger partial charge in [0.15, 0.2) is 28.2 Å². The lowest BCUT2D eigenvalue weighted by Gasteiger charge is -2.20. The fourth-order valence-electron chi connectivity index (χ4n) is 3.53. The molecule has 1 amide bonds. The van der Waals surface area contributed by atoms with E-state index in [2.05, 4.69) is 19.8 Å². The third-order valence-electron chi connectivity index (χ3n) is 5.08. The highest BCUT2D eigenvalue weighted by Crippen LogP contribution is 2.41. The Morgan fingerprint density at radius 2 is 1.91 bits per heavy atom. The number of furan rings is 1. The summed E-state index contributed by atoms with van der Waals surface area (Å²) in [5, 5.41) is 2.80. The summed E-state index contributed by atoms with van der Waals surface area (Å²) in [6.07, 6.45) is -1.09. The Hall–Kier alpha value is -3.31. The minimum atomic E-state index is -3.77. The molecule has 4 heterocycles. The number of hydrogen-bond donors (Lipinski definition) is 1. The van der Waals surface area contributed by atoms with Crippen LogP contribution in [0.4, 0.5) is 13.9 Å². The van der Waals surface area contributed by atoms with Crippen molar-refractivity contribution in [3.05, 3.63) is 47.0 Å². The van der Waals surface area contributed by atoms with Crippen molar-refractivity contribution in [2.24, 2.45) is 5.92 Å². The number of rotatable bonds is 5. The van der Waals surface area contributed by atoms with Crippen LogP contribution in [0.15, 0.2) is 41.0 Å². The van der Waals surface area contributed by atoms with Gasteiger partial charge in [-0.2, -0.15) is 0 Å². The summed E-state index contributed by atoms with van der Waals surface area (Å²) in [6, 6.07) is 7.06. The molecular formula is C21H16F2N2O6S. The van der Waals surface area contributed by atoms with Gasteiger partial charge in [0.05, 0.1) is 6.26 Å². The van der Waals surface area contributed by atoms with Gasteiger partial charge in [-0.15, -0.1) is 8.78 Å². The molecule has 8 nitrogen and oxygen atoms in total. The van der Waals surface area contributed by atoms with Crippen LogP contribution in [0.3, 0.4) is 0 Å². The number of Topliss-reactive ketones (excluding diaryl/α,β-unsaturated/α-hetero) is 1. The smallest absolute Gasteiger partial charge is 0.463 e. The number of carbonyl (C=O) groups is 2. The first-order chi connectivity index (χ1) is 15.4. The highest BCUT2D eigenvalue weighted by atomic mass is 32.1. The zero-order valence-corrected chi connectivity index (χ0v) is 17.2. The van der Waals surface area contributed by atoms with Crippen LogP contribution in [-0.2, 0) is 4.74 Å². The molecule has 2 aliphatic heterocycles. The molecule has 0 radical (unpaired) electrons. The second-order valence-electron chi connectivity index (χ2n) is 7.21. The SMILES string of the molecule is O=C(Nc1nc(-c2ccco2)c(C(=O)C2CCOCC2)s1)c1ccc2c(c1)OC(F)(F)O2. The van der Waals surface area contributed by atoms with Crippen molar-refractivity contribution in [2.45, 2.75) is 19.1 Å². The first-order valence-electron chi connectivity index (χ1n) is 9.77. The Morgan fingerprint density at radius 3 is 2.66 bits per heavy atom. The highest BCUT2D eigenvalue weighted by molar-refractivity contribution is 7.18. The Bertz CT molecular complexity index is 1170. The summed E-state index contributed by atoms with van der Waals surface area (Å²) in [4.78, 5) is 30.6. The number of ether oxygens (including phenoxy) is 3. The van der Waals surface area contributed by atoms with Crippen LogP contribution in [0.1, 0.15) is 32.9 Å². The molecule has 0 unspecified atom stereocenters. The van der Waals surface area contributed by atoms with Crippen LogP contribution in [0.5, 0.6) is 11.5 Å². The molecule has 1 fully saturated rings. The van der Waals surface area contributed by atoms with Gasteiger partial charge >= 0.3 is 6.29 Å². The lowest BCUT2D eigenvalue weighted by atomic mass is 9.94. The van der Waals surface area contributed by atoms with Gasteiger partial charge in [0.2, 0.25) is 0 Å². The number of benzene rings is 1. The second kappa shape index (κ2) is 7.99. The van der Waals surface area contributed by atoms with Crippen molar-refractivity contribution >= 4 is 28.2 Å². The van der Waals surface area contributed by atoms with Crippen LogP contribution in [0.2, 0.25) is 0 Å². The number of amides is 1. The van der Waals surface area contributed by atoms with Gasteiger partial charge in [-0.3, -0.25) is 14.9 Å². The maximum Gasteiger partial charge on any atom is 0.586 e. The number of ketones is 1. The van der Waals surface area contributed by atoms with E-state index in [0.717, 1.165) is 17.4 Å². The summed E-state index contributed by atoms with van der Waals surface area (Å²) < 4.78 is 45.9. The molecule has 0 saturated carbocycles. The first-order valence-corrected chi connectivity index (χ1v) is 10.6. The molecule has 5 rings (SSSR count). The van der Waals surface area contributed by atoms with E-state index in [4.69, 9.17) is 9.15 Å². The van der Waals surface area contributed by atoms with Crippen molar-refractivity contribution in [1.29, 1.82) is 0 Å². The van der Waals surface area contributed by atoms with Crippen molar-refractivity contribution < 1.29 is 37.0 Å². The molecule has 1 saturated heterocycles. The lowest BCUT2D eigenvalue weighted by molar-refractivity contribution is -0.286. The lowest BCUT2D eigenvalue weighted by Crippen LogP contribution is -2.25. The van der Waals surface area contributed by atoms with Gasteiger partial charge in [0.1, 0.15) is 10.6 Å². The fraction of sp³-hybridized carbons (Fsp3) is 0.286. The third kappa shape index (κ3) is 3.96. The van der Waals surface area contributed by atoms with E-state index in [0.29, 0.717) is 42.4 Å². The Balaban J connectivity index is 1.41. The zero-order chi connectivity index (χ0) is 22.3. The van der Waals surface area contributed by atoms with Crippen LogP contribution in [-0.4, -0.2) is 36.2 Å². The normalized spacial score (nSPS) is 17.3. The maximum absolute atomic E-state index is 13.2. The molecule has 0 aliphatic carbocycles. The largest absolute Gasteiger partial charge is 0.586 e. The van der Waals surface area contributed by atoms with E-state index < -0.39 is 12.2 Å². The number of nitrogens with one attached hydrogen (secondary N) is 1. The Labute approximate surface area is 184 Å². The molecule has 166 valence electrons. The maximum atomic E-state index is 13.2. The summed E-state index contributed by atoms with van der Waals surface area (Å²) in [6.45, 7) is 1.02. The van der Waals surface area contributed by atoms with Gasteiger partial charge < -0.3 is 18.6 Å². The number of thiazole rings is 1. The van der Waals surface area contributed by atoms with E-state index >= 15 is 0 Å². The van der Waals surface area contributed by atoms with Gasteiger partial charge in [0, 0.05) is 24.7 Å². The van der Waals surface area contributed by atoms with Crippen LogP contribution < -0.4 is 14.8 Å². The summed E-state index contributed by atoms with van der Waals surface area (Å²) in [7, 11) is 0. The monoisotopic (exact) mass is 462 g/mol. The number of halogens is 2. The number of aromatic nitrogens is 1. The standard InChI is InChI=1S/C21H16F2N2O6S/c22-21(23)30-13-4-3-12(10-15(13)31-21)19(27)25-20-24-16(14-2-1-7-29-14)18(32-20)17(26)11-5-8-28-9-6-11/h1-4,7,10-11H,5-6,8-9H2,(H,24,25,27). The summed E-state index contributed by atoms with van der Waals surface area (Å²) >= 11 is 1.04. The summed E-state index contributed by atoms with van der Waals surface area (Å²) in [5.74, 6) is -0.877. The highest BCUT2D eigenvalue weighted by Gasteiger charge is 2.43. The molecular weight excluding hydrogens is 446 g/mol.